The smallest absolute Gasteiger partial charge is 0.311 e. The summed E-state index contributed by atoms with van der Waals surface area (Å²) in [6.45, 7) is 9.31. The molecule has 7 nitrogen and oxygen atoms in total. The van der Waals surface area contributed by atoms with Gasteiger partial charge in [-0.2, -0.15) is 0 Å². The Morgan fingerprint density at radius 1 is 1.11 bits per heavy atom. The molecule has 4 aliphatic rings. The average Bonchev–Trinajstić information content (AvgIpc) is 3.16. The quantitative estimate of drug-likeness (QED) is 0.315. The van der Waals surface area contributed by atoms with Crippen LogP contribution in [-0.4, -0.2) is 80.6 Å². The number of ether oxygens (including phenoxy) is 1. The fourth-order valence-corrected chi connectivity index (χ4v) is 8.65. The van der Waals surface area contributed by atoms with Gasteiger partial charge in [-0.15, -0.1) is 11.8 Å². The van der Waals surface area contributed by atoms with Gasteiger partial charge in [0.2, 0.25) is 11.8 Å². The monoisotopic (exact) mass is 518 g/mol. The van der Waals surface area contributed by atoms with Crippen molar-refractivity contribution in [3.05, 3.63) is 24.3 Å². The first-order valence-corrected chi connectivity index (χ1v) is 14.5. The normalized spacial score (nSPS) is 36.3. The van der Waals surface area contributed by atoms with Gasteiger partial charge in [-0.1, -0.05) is 57.9 Å². The Morgan fingerprint density at radius 3 is 2.58 bits per heavy atom. The molecule has 8 heteroatoms. The third-order valence-corrected chi connectivity index (χ3v) is 10.2. The Labute approximate surface area is 219 Å². The van der Waals surface area contributed by atoms with Crippen LogP contribution in [0.5, 0.6) is 0 Å². The lowest BCUT2D eigenvalue weighted by Crippen LogP contribution is -2.58. The summed E-state index contributed by atoms with van der Waals surface area (Å²) in [6, 6.07) is -1.27. The van der Waals surface area contributed by atoms with Gasteiger partial charge in [-0.25, -0.2) is 0 Å². The molecule has 6 atom stereocenters. The molecule has 1 unspecified atom stereocenters. The molecule has 1 N–H and O–H groups in total. The fraction of sp³-hybridized carbons (Fsp3) is 0.750. The molecular formula is C28H42N2O5S. The molecule has 0 aromatic heterocycles. The summed E-state index contributed by atoms with van der Waals surface area (Å²) in [5.41, 5.74) is 0. The maximum atomic E-state index is 14.3. The number of cyclic esters (lactones) is 1. The fourth-order valence-electron chi connectivity index (χ4n) is 6.51. The van der Waals surface area contributed by atoms with Crippen LogP contribution in [0, 0.1) is 17.8 Å². The topological polar surface area (TPSA) is 87.2 Å². The van der Waals surface area contributed by atoms with Gasteiger partial charge in [-0.05, 0) is 38.5 Å². The van der Waals surface area contributed by atoms with Crippen LogP contribution in [0.1, 0.15) is 66.2 Å². The molecule has 0 radical (unpaired) electrons. The van der Waals surface area contributed by atoms with Crippen LogP contribution < -0.4 is 0 Å². The standard InChI is InChI=1S/C28H42N2O5S/c1-5-6-10-15-29-16-12-14-28-21(24(32)30(23(28)25(29)33)20(18-31)19(2)3)22-26(34)35-17-11-8-7-9-13-27(22,4)36-28/h9,12-14,19-23,31H,5-8,10-11,15-18H2,1-4H3/b13-9-/t20-,21-,22-,23?,27+,28-/m0/s1. The Hall–Kier alpha value is -1.80. The Morgan fingerprint density at radius 2 is 1.89 bits per heavy atom. The van der Waals surface area contributed by atoms with Crippen molar-refractivity contribution in [1.82, 2.24) is 9.80 Å². The largest absolute Gasteiger partial charge is 0.465 e. The van der Waals surface area contributed by atoms with E-state index in [9.17, 15) is 19.5 Å². The van der Waals surface area contributed by atoms with Crippen LogP contribution in [0.2, 0.25) is 0 Å². The van der Waals surface area contributed by atoms with Crippen LogP contribution >= 0.6 is 11.8 Å². The van der Waals surface area contributed by atoms with Crippen LogP contribution in [0.4, 0.5) is 0 Å². The van der Waals surface area contributed by atoms with Gasteiger partial charge in [-0.3, -0.25) is 14.4 Å². The number of aliphatic hydroxyl groups excluding tert-OH is 1. The Bertz CT molecular complexity index is 920. The number of carbonyl (C=O) groups excluding carboxylic acids is 3. The minimum atomic E-state index is -0.896. The van der Waals surface area contributed by atoms with Crippen molar-refractivity contribution in [3.8, 4) is 0 Å². The zero-order valence-electron chi connectivity index (χ0n) is 22.2. The highest BCUT2D eigenvalue weighted by Gasteiger charge is 2.74. The summed E-state index contributed by atoms with van der Waals surface area (Å²) >= 11 is 1.57. The van der Waals surface area contributed by atoms with E-state index in [1.807, 2.05) is 37.8 Å². The zero-order chi connectivity index (χ0) is 26.1. The molecule has 1 spiro atoms. The minimum Gasteiger partial charge on any atom is -0.465 e. The number of nitrogens with zero attached hydrogens (tertiary/aromatic N) is 2. The number of carbonyl (C=O) groups is 3. The molecule has 2 fully saturated rings. The zero-order valence-corrected chi connectivity index (χ0v) is 23.0. The molecule has 36 heavy (non-hydrogen) atoms. The number of unbranched alkanes of at least 4 members (excludes halogenated alkanes) is 2. The first kappa shape index (κ1) is 27.2. The van der Waals surface area contributed by atoms with E-state index < -0.39 is 33.4 Å². The Balaban J connectivity index is 1.84. The van der Waals surface area contributed by atoms with Gasteiger partial charge in [0.15, 0.2) is 0 Å². The number of amides is 2. The summed E-state index contributed by atoms with van der Waals surface area (Å²) in [5.74, 6) is -2.13. The van der Waals surface area contributed by atoms with E-state index >= 15 is 0 Å². The summed E-state index contributed by atoms with van der Waals surface area (Å²) in [5, 5.41) is 10.4. The van der Waals surface area contributed by atoms with Crippen molar-refractivity contribution in [1.29, 1.82) is 0 Å². The second kappa shape index (κ2) is 10.9. The minimum absolute atomic E-state index is 0.0457. The number of thioether (sulfide) groups is 1. The summed E-state index contributed by atoms with van der Waals surface area (Å²) in [4.78, 5) is 45.6. The second-order valence-electron chi connectivity index (χ2n) is 11.2. The van der Waals surface area contributed by atoms with Crippen molar-refractivity contribution in [3.63, 3.8) is 0 Å². The Kier molecular flexibility index (Phi) is 8.25. The van der Waals surface area contributed by atoms with E-state index in [1.54, 1.807) is 16.7 Å². The van der Waals surface area contributed by atoms with Gasteiger partial charge in [0.1, 0.15) is 6.04 Å². The number of rotatable bonds is 7. The number of likely N-dealkylation sites (tertiary alicyclic amines) is 1. The molecule has 4 aliphatic heterocycles. The summed E-state index contributed by atoms with van der Waals surface area (Å²) < 4.78 is 4.15. The third kappa shape index (κ3) is 4.53. The van der Waals surface area contributed by atoms with E-state index in [4.69, 9.17) is 4.74 Å². The lowest BCUT2D eigenvalue weighted by Gasteiger charge is -2.41. The van der Waals surface area contributed by atoms with Gasteiger partial charge in [0, 0.05) is 17.8 Å². The van der Waals surface area contributed by atoms with Crippen molar-refractivity contribution in [2.45, 2.75) is 87.8 Å². The second-order valence-corrected chi connectivity index (χ2v) is 13.0. The molecule has 4 rings (SSSR count). The van der Waals surface area contributed by atoms with Crippen LogP contribution in [0.15, 0.2) is 24.3 Å². The molecule has 4 heterocycles. The van der Waals surface area contributed by atoms with Gasteiger partial charge in [0.25, 0.3) is 0 Å². The van der Waals surface area contributed by atoms with E-state index in [1.165, 1.54) is 0 Å². The van der Waals surface area contributed by atoms with Crippen LogP contribution in [0.25, 0.3) is 0 Å². The summed E-state index contributed by atoms with van der Waals surface area (Å²) in [6.07, 6.45) is 13.9. The number of aliphatic hydroxyl groups is 1. The highest BCUT2D eigenvalue weighted by Crippen LogP contribution is 2.65. The third-order valence-electron chi connectivity index (χ3n) is 8.37. The molecule has 0 aromatic rings. The number of hydrogen-bond donors (Lipinski definition) is 1. The van der Waals surface area contributed by atoms with Crippen molar-refractivity contribution < 1.29 is 24.2 Å². The number of allylic oxidation sites excluding steroid dienone is 1. The highest BCUT2D eigenvalue weighted by atomic mass is 32.2. The maximum absolute atomic E-state index is 14.3. The molecule has 200 valence electrons. The van der Waals surface area contributed by atoms with E-state index in [0.29, 0.717) is 19.7 Å². The molecule has 0 aliphatic carbocycles. The van der Waals surface area contributed by atoms with Crippen molar-refractivity contribution in [2.24, 2.45) is 17.8 Å². The van der Waals surface area contributed by atoms with Crippen LogP contribution in [-0.2, 0) is 19.1 Å². The van der Waals surface area contributed by atoms with Gasteiger partial charge >= 0.3 is 5.97 Å². The van der Waals surface area contributed by atoms with Crippen LogP contribution in [0.3, 0.4) is 0 Å². The van der Waals surface area contributed by atoms with Crippen molar-refractivity contribution >= 4 is 29.5 Å². The highest BCUT2D eigenvalue weighted by molar-refractivity contribution is 8.02. The molecule has 2 amide bonds. The molecule has 0 aromatic carbocycles. The van der Waals surface area contributed by atoms with E-state index in [-0.39, 0.29) is 30.3 Å². The predicted octanol–water partition coefficient (Wildman–Crippen LogP) is 3.56. The summed E-state index contributed by atoms with van der Waals surface area (Å²) in [7, 11) is 0. The lowest BCUT2D eigenvalue weighted by atomic mass is 9.74. The number of fused-ring (bicyclic) bond motifs is 2. The van der Waals surface area contributed by atoms with Crippen molar-refractivity contribution in [2.75, 3.05) is 26.3 Å². The lowest BCUT2D eigenvalue weighted by molar-refractivity contribution is -0.155. The predicted molar refractivity (Wildman–Crippen MR) is 141 cm³/mol. The molecule has 2 saturated heterocycles. The maximum Gasteiger partial charge on any atom is 0.311 e. The van der Waals surface area contributed by atoms with E-state index in [0.717, 1.165) is 38.5 Å². The van der Waals surface area contributed by atoms with Gasteiger partial charge < -0.3 is 19.6 Å². The number of hydrogen-bond acceptors (Lipinski definition) is 6. The van der Waals surface area contributed by atoms with E-state index in [2.05, 4.69) is 19.1 Å². The molecule has 0 saturated carbocycles. The number of esters is 1. The first-order valence-electron chi connectivity index (χ1n) is 13.7. The average molecular weight is 519 g/mol. The van der Waals surface area contributed by atoms with Gasteiger partial charge in [0.05, 0.1) is 35.8 Å². The molecular weight excluding hydrogens is 476 g/mol. The SMILES string of the molecule is CCCCCN1CC=C[C@]23S[C@]4(C)/C=C\CCCCOC(=O)[C@@H]4[C@H]2C(=O)N([C@@H](CO)C(C)C)C3C1=O. The first-order chi connectivity index (χ1) is 17.2. The molecule has 0 bridgehead atoms.